The lowest BCUT2D eigenvalue weighted by Gasteiger charge is -2.04. The van der Waals surface area contributed by atoms with Crippen LogP contribution in [-0.4, -0.2) is 16.3 Å². The number of unbranched alkanes of at least 4 members (excludes halogenated alkanes) is 16. The van der Waals surface area contributed by atoms with E-state index in [9.17, 15) is 10.1 Å². The van der Waals surface area contributed by atoms with E-state index in [1.54, 1.807) is 0 Å². The van der Waals surface area contributed by atoms with Gasteiger partial charge in [0, 0.05) is 6.42 Å². The summed E-state index contributed by atoms with van der Waals surface area (Å²) in [5.74, 6) is 0. The van der Waals surface area contributed by atoms with E-state index in [2.05, 4.69) is 6.92 Å². The first kappa shape index (κ1) is 23.4. The van der Waals surface area contributed by atoms with E-state index in [0.29, 0.717) is 6.42 Å². The molecular formula is C20H41NO3. The van der Waals surface area contributed by atoms with Crippen LogP contribution < -0.4 is 0 Å². The van der Waals surface area contributed by atoms with E-state index < -0.39 is 11.2 Å². The van der Waals surface area contributed by atoms with Gasteiger partial charge in [-0.3, -0.25) is 10.1 Å². The van der Waals surface area contributed by atoms with Gasteiger partial charge in [-0.15, -0.1) is 0 Å². The molecule has 0 aromatic carbocycles. The highest BCUT2D eigenvalue weighted by molar-refractivity contribution is 4.50. The van der Waals surface area contributed by atoms with Gasteiger partial charge in [-0.05, 0) is 6.42 Å². The van der Waals surface area contributed by atoms with Crippen molar-refractivity contribution in [1.29, 1.82) is 0 Å². The van der Waals surface area contributed by atoms with Crippen molar-refractivity contribution in [2.24, 2.45) is 0 Å². The normalized spacial score (nSPS) is 12.4. The number of rotatable bonds is 19. The largest absolute Gasteiger partial charge is 0.333 e. The zero-order valence-corrected chi connectivity index (χ0v) is 16.0. The highest BCUT2D eigenvalue weighted by atomic mass is 16.7. The van der Waals surface area contributed by atoms with E-state index in [4.69, 9.17) is 5.11 Å². The van der Waals surface area contributed by atoms with Gasteiger partial charge in [0.25, 0.3) is 0 Å². The second-order valence-electron chi connectivity index (χ2n) is 7.21. The summed E-state index contributed by atoms with van der Waals surface area (Å²) in [7, 11) is 0. The van der Waals surface area contributed by atoms with Gasteiger partial charge < -0.3 is 5.11 Å². The third-order valence-electron chi connectivity index (χ3n) is 4.81. The molecule has 0 saturated carbocycles. The fourth-order valence-corrected chi connectivity index (χ4v) is 3.16. The lowest BCUT2D eigenvalue weighted by Crippen LogP contribution is -2.17. The molecule has 0 fully saturated rings. The van der Waals surface area contributed by atoms with Gasteiger partial charge in [0.1, 0.15) is 0 Å². The summed E-state index contributed by atoms with van der Waals surface area (Å²) in [5.41, 5.74) is 0. The Hall–Kier alpha value is -0.640. The molecule has 144 valence electrons. The molecule has 0 bridgehead atoms. The van der Waals surface area contributed by atoms with Crippen molar-refractivity contribution in [2.45, 2.75) is 129 Å². The summed E-state index contributed by atoms with van der Waals surface area (Å²) in [5, 5.41) is 19.3. The van der Waals surface area contributed by atoms with Crippen molar-refractivity contribution >= 4 is 0 Å². The zero-order chi connectivity index (χ0) is 17.9. The lowest BCUT2D eigenvalue weighted by atomic mass is 10.0. The second kappa shape index (κ2) is 18.7. The molecule has 0 aliphatic carbocycles. The van der Waals surface area contributed by atoms with E-state index >= 15 is 0 Å². The van der Waals surface area contributed by atoms with Crippen LogP contribution in [0.3, 0.4) is 0 Å². The molecule has 0 aromatic heterocycles. The maximum atomic E-state index is 10.3. The third-order valence-corrected chi connectivity index (χ3v) is 4.81. The summed E-state index contributed by atoms with van der Waals surface area (Å²) in [6.45, 7) is 2.27. The van der Waals surface area contributed by atoms with Gasteiger partial charge in [0.05, 0.1) is 4.92 Å². The second-order valence-corrected chi connectivity index (χ2v) is 7.21. The van der Waals surface area contributed by atoms with Gasteiger partial charge in [-0.2, -0.15) is 0 Å². The van der Waals surface area contributed by atoms with Crippen molar-refractivity contribution in [2.75, 3.05) is 0 Å². The Morgan fingerprint density at radius 2 is 0.958 bits per heavy atom. The van der Waals surface area contributed by atoms with Crippen molar-refractivity contribution in [3.63, 3.8) is 0 Å². The Kier molecular flexibility index (Phi) is 18.2. The molecule has 1 atom stereocenters. The van der Waals surface area contributed by atoms with Crippen LogP contribution in [0, 0.1) is 10.1 Å². The van der Waals surface area contributed by atoms with Crippen LogP contribution in [0.15, 0.2) is 0 Å². The quantitative estimate of drug-likeness (QED) is 0.124. The van der Waals surface area contributed by atoms with Crippen molar-refractivity contribution in [3.05, 3.63) is 10.1 Å². The molecule has 0 amide bonds. The summed E-state index contributed by atoms with van der Waals surface area (Å²) in [6, 6.07) is 0. The minimum atomic E-state index is -1.36. The first-order chi connectivity index (χ1) is 11.7. The molecule has 0 saturated heterocycles. The number of hydrogen-bond donors (Lipinski definition) is 1. The predicted octanol–water partition coefficient (Wildman–Crippen LogP) is 6.62. The highest BCUT2D eigenvalue weighted by Crippen LogP contribution is 2.14. The average molecular weight is 344 g/mol. The molecule has 1 unspecified atom stereocenters. The number of hydrogen-bond acceptors (Lipinski definition) is 3. The van der Waals surface area contributed by atoms with Gasteiger partial charge >= 0.3 is 6.23 Å². The van der Waals surface area contributed by atoms with Crippen molar-refractivity contribution < 1.29 is 10.0 Å². The maximum absolute atomic E-state index is 10.3. The van der Waals surface area contributed by atoms with Gasteiger partial charge in [0.2, 0.25) is 0 Å². The molecule has 4 heteroatoms. The summed E-state index contributed by atoms with van der Waals surface area (Å²) in [6.07, 6.45) is 21.1. The zero-order valence-electron chi connectivity index (χ0n) is 16.0. The maximum Gasteiger partial charge on any atom is 0.312 e. The Labute approximate surface area is 149 Å². The monoisotopic (exact) mass is 343 g/mol. The summed E-state index contributed by atoms with van der Waals surface area (Å²) >= 11 is 0. The van der Waals surface area contributed by atoms with Crippen LogP contribution in [0.5, 0.6) is 0 Å². The van der Waals surface area contributed by atoms with Gasteiger partial charge in [0.15, 0.2) is 0 Å². The molecule has 0 spiro atoms. The minimum absolute atomic E-state index is 0.297. The van der Waals surface area contributed by atoms with E-state index in [1.165, 1.54) is 89.9 Å². The Bertz CT molecular complexity index is 272. The molecule has 1 N–H and O–H groups in total. The smallest absolute Gasteiger partial charge is 0.312 e. The predicted molar refractivity (Wildman–Crippen MR) is 102 cm³/mol. The molecule has 0 aromatic rings. The van der Waals surface area contributed by atoms with Crippen LogP contribution in [0.25, 0.3) is 0 Å². The van der Waals surface area contributed by atoms with Crippen LogP contribution in [-0.2, 0) is 0 Å². The number of nitrogens with zero attached hydrogens (tertiary/aromatic N) is 1. The molecule has 24 heavy (non-hydrogen) atoms. The standard InChI is InChI=1S/C20H41NO3/c1-2-3-4-5-6-7-8-9-10-11-12-13-14-15-16-17-18-19-20(22)21(23)24/h20,22H,2-19H2,1H3. The molecule has 0 rings (SSSR count). The van der Waals surface area contributed by atoms with Gasteiger partial charge in [-0.1, -0.05) is 110 Å². The Balaban J connectivity index is 3.04. The third kappa shape index (κ3) is 17.7. The number of aliphatic hydroxyl groups excluding tert-OH is 1. The van der Waals surface area contributed by atoms with Crippen LogP contribution in [0.4, 0.5) is 0 Å². The molecule has 4 nitrogen and oxygen atoms in total. The number of aliphatic hydroxyl groups is 1. The Morgan fingerprint density at radius 1 is 0.667 bits per heavy atom. The summed E-state index contributed by atoms with van der Waals surface area (Å²) in [4.78, 5) is 9.65. The van der Waals surface area contributed by atoms with Crippen LogP contribution in [0.1, 0.15) is 122 Å². The first-order valence-corrected chi connectivity index (χ1v) is 10.5. The van der Waals surface area contributed by atoms with Gasteiger partial charge in [-0.25, -0.2) is 0 Å². The van der Waals surface area contributed by atoms with Crippen molar-refractivity contribution in [3.8, 4) is 0 Å². The SMILES string of the molecule is CCCCCCCCCCCCCCCCCCCC(O)[N+](=O)[O-]. The van der Waals surface area contributed by atoms with E-state index in [0.717, 1.165) is 19.3 Å². The minimum Gasteiger partial charge on any atom is -0.333 e. The Morgan fingerprint density at radius 3 is 1.25 bits per heavy atom. The topological polar surface area (TPSA) is 63.4 Å². The molecular weight excluding hydrogens is 302 g/mol. The molecule has 0 heterocycles. The van der Waals surface area contributed by atoms with E-state index in [1.807, 2.05) is 0 Å². The fraction of sp³-hybridized carbons (Fsp3) is 1.00. The number of nitro groups is 1. The van der Waals surface area contributed by atoms with Crippen molar-refractivity contribution in [1.82, 2.24) is 0 Å². The first-order valence-electron chi connectivity index (χ1n) is 10.5. The van der Waals surface area contributed by atoms with Crippen LogP contribution in [0.2, 0.25) is 0 Å². The van der Waals surface area contributed by atoms with Crippen LogP contribution >= 0.6 is 0 Å². The summed E-state index contributed by atoms with van der Waals surface area (Å²) < 4.78 is 0. The van der Waals surface area contributed by atoms with E-state index in [-0.39, 0.29) is 0 Å². The fourth-order valence-electron chi connectivity index (χ4n) is 3.16. The average Bonchev–Trinajstić information content (AvgIpc) is 2.57. The highest BCUT2D eigenvalue weighted by Gasteiger charge is 2.13. The molecule has 0 aliphatic heterocycles. The lowest BCUT2D eigenvalue weighted by molar-refractivity contribution is -0.571. The molecule has 0 radical (unpaired) electrons. The molecule has 0 aliphatic rings.